The third kappa shape index (κ3) is 4.94. The number of hydrogen-bond donors (Lipinski definition) is 0. The van der Waals surface area contributed by atoms with Crippen LogP contribution in [0.4, 0.5) is 0 Å². The number of nitriles is 1. The van der Waals surface area contributed by atoms with Crippen molar-refractivity contribution in [2.75, 3.05) is 21.3 Å². The van der Waals surface area contributed by atoms with Gasteiger partial charge in [0.15, 0.2) is 11.0 Å². The molecule has 0 aliphatic rings. The third-order valence-electron chi connectivity index (χ3n) is 5.00. The molecule has 0 atom stereocenters. The first kappa shape index (κ1) is 22.2. The molecule has 33 heavy (non-hydrogen) atoms. The zero-order chi connectivity index (χ0) is 23.2. The minimum absolute atomic E-state index is 0.633. The molecule has 0 saturated heterocycles. The van der Waals surface area contributed by atoms with Gasteiger partial charge >= 0.3 is 0 Å². The summed E-state index contributed by atoms with van der Waals surface area (Å²) < 4.78 is 18.2. The van der Waals surface area contributed by atoms with Crippen molar-refractivity contribution in [3.05, 3.63) is 77.9 Å². The van der Waals surface area contributed by atoms with Crippen LogP contribution in [0.25, 0.3) is 17.1 Å². The van der Waals surface area contributed by atoms with Crippen LogP contribution in [0.2, 0.25) is 0 Å². The number of rotatable bonds is 8. The van der Waals surface area contributed by atoms with E-state index in [1.807, 2.05) is 65.2 Å². The minimum Gasteiger partial charge on any atom is -0.497 e. The second-order valence-corrected chi connectivity index (χ2v) is 7.98. The van der Waals surface area contributed by atoms with Crippen LogP contribution in [-0.4, -0.2) is 36.1 Å². The van der Waals surface area contributed by atoms with Gasteiger partial charge < -0.3 is 14.2 Å². The van der Waals surface area contributed by atoms with Gasteiger partial charge in [0.05, 0.1) is 33.0 Å². The summed E-state index contributed by atoms with van der Waals surface area (Å²) in [5, 5.41) is 18.9. The normalized spacial score (nSPS) is 10.5. The fraction of sp³-hybridized carbons (Fsp3) is 0.160. The van der Waals surface area contributed by atoms with Crippen molar-refractivity contribution in [2.45, 2.75) is 10.9 Å². The molecular formula is C25H22N4O3S. The summed E-state index contributed by atoms with van der Waals surface area (Å²) in [6, 6.07) is 23.1. The summed E-state index contributed by atoms with van der Waals surface area (Å²) in [7, 11) is 4.87. The van der Waals surface area contributed by atoms with Gasteiger partial charge in [0.2, 0.25) is 0 Å². The first-order valence-corrected chi connectivity index (χ1v) is 11.1. The highest BCUT2D eigenvalue weighted by atomic mass is 32.2. The van der Waals surface area contributed by atoms with Gasteiger partial charge in [0.25, 0.3) is 0 Å². The molecule has 0 saturated carbocycles. The number of thioether (sulfide) groups is 1. The number of ether oxygens (including phenoxy) is 3. The van der Waals surface area contributed by atoms with Crippen LogP contribution in [0.15, 0.2) is 71.9 Å². The molecule has 1 heterocycles. The lowest BCUT2D eigenvalue weighted by Gasteiger charge is -2.13. The Labute approximate surface area is 196 Å². The lowest BCUT2D eigenvalue weighted by atomic mass is 10.1. The van der Waals surface area contributed by atoms with Crippen LogP contribution in [0.3, 0.4) is 0 Å². The Balaban J connectivity index is 1.77. The van der Waals surface area contributed by atoms with E-state index in [2.05, 4.69) is 16.3 Å². The van der Waals surface area contributed by atoms with Crippen molar-refractivity contribution in [1.29, 1.82) is 5.26 Å². The standard InChI is InChI=1S/C25H22N4O3S/c1-30-21-9-7-20(8-10-21)29-24(19-12-22(31-2)14-23(13-19)32-3)27-28-25(29)33-16-18-6-4-5-17(11-18)15-26/h4-14H,16H2,1-3H3. The number of nitrogens with zero attached hydrogens (tertiary/aromatic N) is 4. The molecule has 0 bridgehead atoms. The Bertz CT molecular complexity index is 1270. The summed E-state index contributed by atoms with van der Waals surface area (Å²) in [5.74, 6) is 3.39. The Kier molecular flexibility index (Phi) is 6.81. The second-order valence-electron chi connectivity index (χ2n) is 7.04. The first-order valence-electron chi connectivity index (χ1n) is 10.1. The lowest BCUT2D eigenvalue weighted by molar-refractivity contribution is 0.394. The van der Waals surface area contributed by atoms with Crippen molar-refractivity contribution < 1.29 is 14.2 Å². The predicted octanol–water partition coefficient (Wildman–Crippen LogP) is 5.12. The summed E-state index contributed by atoms with van der Waals surface area (Å²) in [6.45, 7) is 0. The summed E-state index contributed by atoms with van der Waals surface area (Å²) in [6.07, 6.45) is 0. The Morgan fingerprint density at radius 2 is 1.55 bits per heavy atom. The van der Waals surface area contributed by atoms with E-state index in [9.17, 15) is 5.26 Å². The zero-order valence-corrected chi connectivity index (χ0v) is 19.3. The molecule has 3 aromatic carbocycles. The van der Waals surface area contributed by atoms with Gasteiger partial charge in [0, 0.05) is 23.1 Å². The molecule has 8 heteroatoms. The maximum atomic E-state index is 9.18. The lowest BCUT2D eigenvalue weighted by Crippen LogP contribution is -2.01. The minimum atomic E-state index is 0.633. The molecule has 0 fully saturated rings. The molecule has 166 valence electrons. The molecule has 0 aliphatic heterocycles. The van der Waals surface area contributed by atoms with E-state index in [0.29, 0.717) is 28.6 Å². The van der Waals surface area contributed by atoms with Gasteiger partial charge in [-0.1, -0.05) is 23.9 Å². The molecule has 1 aromatic heterocycles. The van der Waals surface area contributed by atoms with Crippen molar-refractivity contribution in [3.63, 3.8) is 0 Å². The summed E-state index contributed by atoms with van der Waals surface area (Å²) in [5.41, 5.74) is 3.38. The van der Waals surface area contributed by atoms with E-state index in [4.69, 9.17) is 14.2 Å². The van der Waals surface area contributed by atoms with Gasteiger partial charge in [-0.05, 0) is 54.1 Å². The maximum Gasteiger partial charge on any atom is 0.196 e. The third-order valence-corrected chi connectivity index (χ3v) is 6.00. The molecule has 0 N–H and O–H groups in total. The van der Waals surface area contributed by atoms with Gasteiger partial charge in [0.1, 0.15) is 17.2 Å². The molecular weight excluding hydrogens is 436 g/mol. The number of aromatic nitrogens is 3. The number of methoxy groups -OCH3 is 3. The fourth-order valence-electron chi connectivity index (χ4n) is 3.33. The van der Waals surface area contributed by atoms with E-state index in [-0.39, 0.29) is 0 Å². The number of hydrogen-bond acceptors (Lipinski definition) is 7. The molecule has 4 aromatic rings. The van der Waals surface area contributed by atoms with E-state index in [1.165, 1.54) is 0 Å². The van der Waals surface area contributed by atoms with Crippen molar-refractivity contribution in [2.24, 2.45) is 0 Å². The summed E-state index contributed by atoms with van der Waals surface area (Å²) >= 11 is 1.55. The largest absolute Gasteiger partial charge is 0.497 e. The fourth-order valence-corrected chi connectivity index (χ4v) is 4.22. The highest BCUT2D eigenvalue weighted by Gasteiger charge is 2.18. The van der Waals surface area contributed by atoms with Gasteiger partial charge in [-0.3, -0.25) is 4.57 Å². The predicted molar refractivity (Wildman–Crippen MR) is 127 cm³/mol. The van der Waals surface area contributed by atoms with Crippen LogP contribution < -0.4 is 14.2 Å². The molecule has 0 aliphatic carbocycles. The molecule has 7 nitrogen and oxygen atoms in total. The average molecular weight is 459 g/mol. The SMILES string of the molecule is COc1ccc(-n2c(SCc3cccc(C#N)c3)nnc2-c2cc(OC)cc(OC)c2)cc1. The Morgan fingerprint density at radius 1 is 0.848 bits per heavy atom. The molecule has 0 spiro atoms. The van der Waals surface area contributed by atoms with Gasteiger partial charge in [-0.2, -0.15) is 5.26 Å². The highest BCUT2D eigenvalue weighted by molar-refractivity contribution is 7.98. The quantitative estimate of drug-likeness (QED) is 0.339. The molecule has 0 amide bonds. The Morgan fingerprint density at radius 3 is 2.18 bits per heavy atom. The van der Waals surface area contributed by atoms with E-state index in [1.54, 1.807) is 39.2 Å². The van der Waals surface area contributed by atoms with Gasteiger partial charge in [-0.25, -0.2) is 0 Å². The summed E-state index contributed by atoms with van der Waals surface area (Å²) in [4.78, 5) is 0. The zero-order valence-electron chi connectivity index (χ0n) is 18.5. The molecule has 0 radical (unpaired) electrons. The smallest absolute Gasteiger partial charge is 0.196 e. The number of benzene rings is 3. The Hall–Kier alpha value is -3.96. The first-order chi connectivity index (χ1) is 16.1. The topological polar surface area (TPSA) is 82.2 Å². The van der Waals surface area contributed by atoms with Crippen LogP contribution in [0.1, 0.15) is 11.1 Å². The van der Waals surface area contributed by atoms with E-state index >= 15 is 0 Å². The second kappa shape index (κ2) is 10.1. The molecule has 0 unspecified atom stereocenters. The van der Waals surface area contributed by atoms with E-state index in [0.717, 1.165) is 27.7 Å². The van der Waals surface area contributed by atoms with Crippen LogP contribution in [0, 0.1) is 11.3 Å². The van der Waals surface area contributed by atoms with Crippen molar-refractivity contribution in [1.82, 2.24) is 14.8 Å². The van der Waals surface area contributed by atoms with Crippen LogP contribution >= 0.6 is 11.8 Å². The van der Waals surface area contributed by atoms with E-state index < -0.39 is 0 Å². The molecule has 4 rings (SSSR count). The maximum absolute atomic E-state index is 9.18. The highest BCUT2D eigenvalue weighted by Crippen LogP contribution is 2.34. The monoisotopic (exact) mass is 458 g/mol. The van der Waals surface area contributed by atoms with Crippen LogP contribution in [-0.2, 0) is 5.75 Å². The van der Waals surface area contributed by atoms with Crippen molar-refractivity contribution in [3.8, 4) is 40.4 Å². The van der Waals surface area contributed by atoms with Gasteiger partial charge in [-0.15, -0.1) is 10.2 Å². The average Bonchev–Trinajstić information content (AvgIpc) is 3.31. The van der Waals surface area contributed by atoms with Crippen LogP contribution in [0.5, 0.6) is 17.2 Å². The van der Waals surface area contributed by atoms with Crippen molar-refractivity contribution >= 4 is 11.8 Å².